The number of aliphatic carboxylic acids is 1. The molecule has 0 saturated carbocycles. The first-order chi connectivity index (χ1) is 7.90. The molecule has 1 rings (SSSR count). The summed E-state index contributed by atoms with van der Waals surface area (Å²) in [5.41, 5.74) is 0.212. The van der Waals surface area contributed by atoms with Gasteiger partial charge < -0.3 is 10.4 Å². The Bertz CT molecular complexity index is 497. The van der Waals surface area contributed by atoms with Crippen molar-refractivity contribution < 1.29 is 14.7 Å². The average molecular weight is 274 g/mol. The van der Waals surface area contributed by atoms with Crippen molar-refractivity contribution in [2.24, 2.45) is 0 Å². The van der Waals surface area contributed by atoms with E-state index in [9.17, 15) is 9.59 Å². The van der Waals surface area contributed by atoms with Gasteiger partial charge in [0, 0.05) is 17.0 Å². The number of hydrogen-bond acceptors (Lipinski definition) is 2. The second-order valence-corrected chi connectivity index (χ2v) is 4.05. The number of carbonyl (C=O) groups is 2. The summed E-state index contributed by atoms with van der Waals surface area (Å²) in [5.74, 6) is -1.71. The molecule has 0 heterocycles. The van der Waals surface area contributed by atoms with Gasteiger partial charge in [0.05, 0.1) is 0 Å². The summed E-state index contributed by atoms with van der Waals surface area (Å²) >= 11 is 11.6. The maximum Gasteiger partial charge on any atom is 0.352 e. The largest absolute Gasteiger partial charge is 0.477 e. The van der Waals surface area contributed by atoms with Crippen LogP contribution < -0.4 is 5.32 Å². The van der Waals surface area contributed by atoms with Crippen LogP contribution in [0.4, 0.5) is 0 Å². The fourth-order valence-corrected chi connectivity index (χ4v) is 1.58. The monoisotopic (exact) mass is 273 g/mol. The van der Waals surface area contributed by atoms with Gasteiger partial charge in [-0.1, -0.05) is 29.3 Å². The molecule has 0 atom stereocenters. The molecule has 0 aromatic heterocycles. The summed E-state index contributed by atoms with van der Waals surface area (Å²) in [6.45, 7) is 1.22. The second kappa shape index (κ2) is 5.70. The summed E-state index contributed by atoms with van der Waals surface area (Å²) < 4.78 is 0. The quantitative estimate of drug-likeness (QED) is 0.832. The topological polar surface area (TPSA) is 66.4 Å². The molecule has 0 aliphatic carbocycles. The van der Waals surface area contributed by atoms with Gasteiger partial charge in [-0.15, -0.1) is 0 Å². The fourth-order valence-electron chi connectivity index (χ4n) is 1.11. The van der Waals surface area contributed by atoms with E-state index in [2.05, 4.69) is 5.32 Å². The number of rotatable bonds is 3. The predicted molar refractivity (Wildman–Crippen MR) is 65.9 cm³/mol. The van der Waals surface area contributed by atoms with Crippen LogP contribution in [0.1, 0.15) is 12.5 Å². The molecule has 1 aromatic carbocycles. The third-order valence-corrected chi connectivity index (χ3v) is 2.37. The lowest BCUT2D eigenvalue weighted by Gasteiger charge is -2.04. The molecule has 0 fully saturated rings. The summed E-state index contributed by atoms with van der Waals surface area (Å²) in [6, 6.07) is 4.63. The van der Waals surface area contributed by atoms with Gasteiger partial charge in [0.15, 0.2) is 0 Å². The van der Waals surface area contributed by atoms with E-state index in [1.165, 1.54) is 19.1 Å². The Morgan fingerprint density at radius 2 is 2.00 bits per heavy atom. The predicted octanol–water partition coefficient (Wildman–Crippen LogP) is 2.56. The van der Waals surface area contributed by atoms with Crippen LogP contribution >= 0.6 is 23.2 Å². The van der Waals surface area contributed by atoms with E-state index in [-0.39, 0.29) is 5.70 Å². The van der Waals surface area contributed by atoms with E-state index >= 15 is 0 Å². The van der Waals surface area contributed by atoms with E-state index in [0.717, 1.165) is 0 Å². The van der Waals surface area contributed by atoms with Crippen molar-refractivity contribution in [1.29, 1.82) is 0 Å². The summed E-state index contributed by atoms with van der Waals surface area (Å²) in [6.07, 6.45) is 1.27. The van der Waals surface area contributed by atoms with Gasteiger partial charge in [-0.3, -0.25) is 4.79 Å². The highest BCUT2D eigenvalue weighted by atomic mass is 35.5. The fraction of sp³-hybridized carbons (Fsp3) is 0.0909. The SMILES string of the molecule is CC(=O)N/C(=C/c1ccc(Cl)cc1Cl)C(=O)O. The lowest BCUT2D eigenvalue weighted by atomic mass is 10.2. The lowest BCUT2D eigenvalue weighted by Crippen LogP contribution is -2.24. The molecule has 17 heavy (non-hydrogen) atoms. The number of carboxylic acid groups (broad SMARTS) is 1. The first-order valence-electron chi connectivity index (χ1n) is 4.58. The third-order valence-electron chi connectivity index (χ3n) is 1.80. The maximum atomic E-state index is 10.9. The molecule has 0 radical (unpaired) electrons. The van der Waals surface area contributed by atoms with Crippen molar-refractivity contribution in [3.8, 4) is 0 Å². The molecule has 1 amide bonds. The Hall–Kier alpha value is -1.52. The van der Waals surface area contributed by atoms with Gasteiger partial charge in [0.2, 0.25) is 5.91 Å². The van der Waals surface area contributed by atoms with Crippen LogP contribution in [0.5, 0.6) is 0 Å². The Kier molecular flexibility index (Phi) is 4.54. The van der Waals surface area contributed by atoms with Crippen LogP contribution in [0.3, 0.4) is 0 Å². The minimum absolute atomic E-state index is 0.248. The van der Waals surface area contributed by atoms with Crippen molar-refractivity contribution in [2.45, 2.75) is 6.92 Å². The first-order valence-corrected chi connectivity index (χ1v) is 5.33. The molecule has 0 aliphatic heterocycles. The van der Waals surface area contributed by atoms with Crippen LogP contribution in [0.15, 0.2) is 23.9 Å². The summed E-state index contributed by atoms with van der Waals surface area (Å²) in [4.78, 5) is 21.7. The minimum atomic E-state index is -1.24. The first kappa shape index (κ1) is 13.5. The molecule has 6 heteroatoms. The second-order valence-electron chi connectivity index (χ2n) is 3.21. The van der Waals surface area contributed by atoms with E-state index in [4.69, 9.17) is 28.3 Å². The van der Waals surface area contributed by atoms with Crippen LogP contribution in [0.2, 0.25) is 10.0 Å². The zero-order valence-corrected chi connectivity index (χ0v) is 10.3. The highest BCUT2D eigenvalue weighted by molar-refractivity contribution is 6.35. The molecule has 0 spiro atoms. The van der Waals surface area contributed by atoms with Gasteiger partial charge in [-0.05, 0) is 23.8 Å². The highest BCUT2D eigenvalue weighted by Gasteiger charge is 2.10. The molecule has 90 valence electrons. The number of carboxylic acids is 1. The minimum Gasteiger partial charge on any atom is -0.477 e. The van der Waals surface area contributed by atoms with E-state index in [1.54, 1.807) is 12.1 Å². The van der Waals surface area contributed by atoms with Crippen molar-refractivity contribution >= 4 is 41.2 Å². The van der Waals surface area contributed by atoms with Crippen LogP contribution in [0, 0.1) is 0 Å². The van der Waals surface area contributed by atoms with Crippen LogP contribution in [-0.2, 0) is 9.59 Å². The van der Waals surface area contributed by atoms with Gasteiger partial charge >= 0.3 is 5.97 Å². The smallest absolute Gasteiger partial charge is 0.352 e. The standard InChI is InChI=1S/C11H9Cl2NO3/c1-6(15)14-10(11(16)17)4-7-2-3-8(12)5-9(7)13/h2-5H,1H3,(H,14,15)(H,16,17)/b10-4+. The summed E-state index contributed by atoms with van der Waals surface area (Å²) in [5, 5.41) is 11.8. The number of halogens is 2. The van der Waals surface area contributed by atoms with Gasteiger partial charge in [-0.25, -0.2) is 4.79 Å². The maximum absolute atomic E-state index is 10.9. The Morgan fingerprint density at radius 3 is 2.47 bits per heavy atom. The molecular weight excluding hydrogens is 265 g/mol. The van der Waals surface area contributed by atoms with Crippen molar-refractivity contribution in [1.82, 2.24) is 5.32 Å². The molecular formula is C11H9Cl2NO3. The van der Waals surface area contributed by atoms with Crippen molar-refractivity contribution in [3.05, 3.63) is 39.5 Å². The average Bonchev–Trinajstić information content (AvgIpc) is 2.19. The van der Waals surface area contributed by atoms with Crippen LogP contribution in [0.25, 0.3) is 6.08 Å². The number of amides is 1. The highest BCUT2D eigenvalue weighted by Crippen LogP contribution is 2.22. The number of benzene rings is 1. The molecule has 0 saturated heterocycles. The number of nitrogens with one attached hydrogen (secondary N) is 1. The van der Waals surface area contributed by atoms with E-state index in [0.29, 0.717) is 15.6 Å². The normalized spacial score (nSPS) is 11.1. The Balaban J connectivity index is 3.12. The third kappa shape index (κ3) is 4.09. The lowest BCUT2D eigenvalue weighted by molar-refractivity contribution is -0.134. The molecule has 1 aromatic rings. The molecule has 4 nitrogen and oxygen atoms in total. The molecule has 0 bridgehead atoms. The number of hydrogen-bond donors (Lipinski definition) is 2. The van der Waals surface area contributed by atoms with E-state index in [1.807, 2.05) is 0 Å². The van der Waals surface area contributed by atoms with Crippen molar-refractivity contribution in [2.75, 3.05) is 0 Å². The van der Waals surface area contributed by atoms with Crippen LogP contribution in [-0.4, -0.2) is 17.0 Å². The Morgan fingerprint density at radius 1 is 1.35 bits per heavy atom. The van der Waals surface area contributed by atoms with E-state index < -0.39 is 11.9 Å². The zero-order chi connectivity index (χ0) is 13.0. The summed E-state index contributed by atoms with van der Waals surface area (Å²) in [7, 11) is 0. The van der Waals surface area contributed by atoms with Gasteiger partial charge in [0.1, 0.15) is 5.70 Å². The molecule has 0 aliphatic rings. The van der Waals surface area contributed by atoms with Crippen molar-refractivity contribution in [3.63, 3.8) is 0 Å². The van der Waals surface area contributed by atoms with Gasteiger partial charge in [0.25, 0.3) is 0 Å². The Labute approximate surface area is 108 Å². The van der Waals surface area contributed by atoms with Gasteiger partial charge in [-0.2, -0.15) is 0 Å². The molecule has 2 N–H and O–H groups in total. The zero-order valence-electron chi connectivity index (χ0n) is 8.83. The number of carbonyl (C=O) groups excluding carboxylic acids is 1. The molecule has 0 unspecified atom stereocenters.